The Morgan fingerprint density at radius 3 is 2.72 bits per heavy atom. The van der Waals surface area contributed by atoms with Gasteiger partial charge < -0.3 is 15.5 Å². The van der Waals surface area contributed by atoms with Crippen molar-refractivity contribution in [1.29, 1.82) is 0 Å². The van der Waals surface area contributed by atoms with Crippen LogP contribution in [0.25, 0.3) is 0 Å². The molecule has 0 saturated carbocycles. The first-order valence-electron chi connectivity index (χ1n) is 6.65. The van der Waals surface area contributed by atoms with Gasteiger partial charge in [-0.25, -0.2) is 0 Å². The Morgan fingerprint density at radius 1 is 1.39 bits per heavy atom. The van der Waals surface area contributed by atoms with E-state index in [0.29, 0.717) is 6.04 Å². The summed E-state index contributed by atoms with van der Waals surface area (Å²) in [6, 6.07) is 4.64. The van der Waals surface area contributed by atoms with E-state index in [9.17, 15) is 0 Å². The van der Waals surface area contributed by atoms with Gasteiger partial charge in [0.05, 0.1) is 11.9 Å². The van der Waals surface area contributed by atoms with Gasteiger partial charge in [-0.1, -0.05) is 6.92 Å². The molecule has 4 heteroatoms. The Kier molecular flexibility index (Phi) is 4.19. The van der Waals surface area contributed by atoms with E-state index in [-0.39, 0.29) is 0 Å². The predicted molar refractivity (Wildman–Crippen MR) is 75.4 cm³/mol. The fraction of sp³-hybridized carbons (Fsp3) is 0.643. The van der Waals surface area contributed by atoms with E-state index in [1.54, 1.807) is 6.20 Å². The highest BCUT2D eigenvalue weighted by Crippen LogP contribution is 2.20. The maximum atomic E-state index is 5.64. The summed E-state index contributed by atoms with van der Waals surface area (Å²) >= 11 is 0. The SMILES string of the molecule is CC1CN(CCc2ccc(N)cn2)CC1N(C)C. The molecule has 1 aliphatic heterocycles. The van der Waals surface area contributed by atoms with Gasteiger partial charge in [0.25, 0.3) is 0 Å². The number of nitrogen functional groups attached to an aromatic ring is 1. The molecule has 0 radical (unpaired) electrons. The van der Waals surface area contributed by atoms with Crippen LogP contribution in [0.3, 0.4) is 0 Å². The van der Waals surface area contributed by atoms with Crippen LogP contribution in [0.1, 0.15) is 12.6 Å². The largest absolute Gasteiger partial charge is 0.397 e. The maximum absolute atomic E-state index is 5.64. The van der Waals surface area contributed by atoms with Crippen molar-refractivity contribution >= 4 is 5.69 Å². The summed E-state index contributed by atoms with van der Waals surface area (Å²) in [6.45, 7) is 5.79. The number of hydrogen-bond acceptors (Lipinski definition) is 4. The zero-order valence-corrected chi connectivity index (χ0v) is 11.6. The van der Waals surface area contributed by atoms with Gasteiger partial charge >= 0.3 is 0 Å². The second-order valence-electron chi connectivity index (χ2n) is 5.60. The smallest absolute Gasteiger partial charge is 0.0501 e. The number of likely N-dealkylation sites (tertiary alicyclic amines) is 1. The van der Waals surface area contributed by atoms with Gasteiger partial charge in [0, 0.05) is 37.8 Å². The Labute approximate surface area is 110 Å². The molecule has 18 heavy (non-hydrogen) atoms. The van der Waals surface area contributed by atoms with Crippen LogP contribution >= 0.6 is 0 Å². The fourth-order valence-corrected chi connectivity index (χ4v) is 2.76. The molecule has 100 valence electrons. The first-order valence-corrected chi connectivity index (χ1v) is 6.65. The van der Waals surface area contributed by atoms with Crippen LogP contribution in [0.2, 0.25) is 0 Å². The van der Waals surface area contributed by atoms with Gasteiger partial charge in [0.15, 0.2) is 0 Å². The third-order valence-electron chi connectivity index (χ3n) is 3.84. The van der Waals surface area contributed by atoms with Crippen LogP contribution in [0, 0.1) is 5.92 Å². The summed E-state index contributed by atoms with van der Waals surface area (Å²) in [5, 5.41) is 0. The molecule has 4 nitrogen and oxygen atoms in total. The van der Waals surface area contributed by atoms with Gasteiger partial charge in [-0.2, -0.15) is 0 Å². The fourth-order valence-electron chi connectivity index (χ4n) is 2.76. The van der Waals surface area contributed by atoms with E-state index in [1.165, 1.54) is 13.1 Å². The molecule has 0 bridgehead atoms. The molecule has 2 atom stereocenters. The highest BCUT2D eigenvalue weighted by molar-refractivity contribution is 5.34. The van der Waals surface area contributed by atoms with E-state index >= 15 is 0 Å². The van der Waals surface area contributed by atoms with Crippen LogP contribution in [0.5, 0.6) is 0 Å². The molecule has 2 heterocycles. The van der Waals surface area contributed by atoms with E-state index in [4.69, 9.17) is 5.73 Å². The third-order valence-corrected chi connectivity index (χ3v) is 3.84. The summed E-state index contributed by atoms with van der Waals surface area (Å²) in [6.07, 6.45) is 2.75. The zero-order chi connectivity index (χ0) is 13.1. The van der Waals surface area contributed by atoms with E-state index < -0.39 is 0 Å². The monoisotopic (exact) mass is 248 g/mol. The lowest BCUT2D eigenvalue weighted by molar-refractivity contribution is 0.252. The molecule has 1 aliphatic rings. The number of nitrogens with two attached hydrogens (primary N) is 1. The van der Waals surface area contributed by atoms with E-state index in [0.717, 1.165) is 30.3 Å². The van der Waals surface area contributed by atoms with Crippen LogP contribution in [0.4, 0.5) is 5.69 Å². The Bertz CT molecular complexity index is 374. The molecule has 0 aliphatic carbocycles. The summed E-state index contributed by atoms with van der Waals surface area (Å²) in [5.74, 6) is 0.749. The first kappa shape index (κ1) is 13.3. The number of rotatable bonds is 4. The molecule has 0 spiro atoms. The van der Waals surface area contributed by atoms with Crippen molar-refractivity contribution in [2.75, 3.05) is 39.5 Å². The lowest BCUT2D eigenvalue weighted by Crippen LogP contribution is -2.34. The van der Waals surface area contributed by atoms with Crippen molar-refractivity contribution in [3.63, 3.8) is 0 Å². The molecular weight excluding hydrogens is 224 g/mol. The second-order valence-corrected chi connectivity index (χ2v) is 5.60. The number of hydrogen-bond donors (Lipinski definition) is 1. The second kappa shape index (κ2) is 5.67. The van der Waals surface area contributed by atoms with Crippen LogP contribution in [0.15, 0.2) is 18.3 Å². The lowest BCUT2D eigenvalue weighted by Gasteiger charge is -2.22. The number of pyridine rings is 1. The minimum absolute atomic E-state index is 0.685. The van der Waals surface area contributed by atoms with Crippen molar-refractivity contribution in [3.8, 4) is 0 Å². The van der Waals surface area contributed by atoms with Gasteiger partial charge in [0.1, 0.15) is 0 Å². The standard InChI is InChI=1S/C14H24N4/c1-11-9-18(10-14(11)17(2)3)7-6-13-5-4-12(15)8-16-13/h4-5,8,11,14H,6-7,9-10,15H2,1-3H3. The first-order chi connectivity index (χ1) is 8.56. The predicted octanol–water partition coefficient (Wildman–Crippen LogP) is 1.09. The number of likely N-dealkylation sites (N-methyl/N-ethyl adjacent to an activating group) is 1. The maximum Gasteiger partial charge on any atom is 0.0501 e. The minimum atomic E-state index is 0.685. The summed E-state index contributed by atoms with van der Waals surface area (Å²) in [5.41, 5.74) is 7.50. The lowest BCUT2D eigenvalue weighted by atomic mass is 10.1. The topological polar surface area (TPSA) is 45.4 Å². The van der Waals surface area contributed by atoms with E-state index in [2.05, 4.69) is 35.8 Å². The van der Waals surface area contributed by atoms with Crippen LogP contribution < -0.4 is 5.73 Å². The van der Waals surface area contributed by atoms with Crippen molar-refractivity contribution < 1.29 is 0 Å². The summed E-state index contributed by atoms with van der Waals surface area (Å²) in [4.78, 5) is 9.22. The van der Waals surface area contributed by atoms with Crippen molar-refractivity contribution in [2.24, 2.45) is 5.92 Å². The molecule has 1 saturated heterocycles. The molecule has 2 rings (SSSR count). The zero-order valence-electron chi connectivity index (χ0n) is 11.6. The molecule has 1 aromatic rings. The molecule has 1 aromatic heterocycles. The molecule has 1 fully saturated rings. The minimum Gasteiger partial charge on any atom is -0.397 e. The quantitative estimate of drug-likeness (QED) is 0.866. The van der Waals surface area contributed by atoms with Crippen molar-refractivity contribution in [1.82, 2.24) is 14.8 Å². The number of aromatic nitrogens is 1. The van der Waals surface area contributed by atoms with Gasteiger partial charge in [-0.3, -0.25) is 4.98 Å². The van der Waals surface area contributed by atoms with Crippen LogP contribution in [-0.4, -0.2) is 54.6 Å². The van der Waals surface area contributed by atoms with Gasteiger partial charge in [-0.15, -0.1) is 0 Å². The summed E-state index contributed by atoms with van der Waals surface area (Å²) < 4.78 is 0. The van der Waals surface area contributed by atoms with Gasteiger partial charge in [0.2, 0.25) is 0 Å². The number of nitrogens with zero attached hydrogens (tertiary/aromatic N) is 3. The molecular formula is C14H24N4. The average Bonchev–Trinajstić information content (AvgIpc) is 2.70. The van der Waals surface area contributed by atoms with Crippen molar-refractivity contribution in [2.45, 2.75) is 19.4 Å². The Hall–Kier alpha value is -1.13. The Morgan fingerprint density at radius 2 is 2.17 bits per heavy atom. The summed E-state index contributed by atoms with van der Waals surface area (Å²) in [7, 11) is 4.35. The molecule has 0 amide bonds. The molecule has 2 N–H and O–H groups in total. The Balaban J connectivity index is 1.83. The van der Waals surface area contributed by atoms with Crippen molar-refractivity contribution in [3.05, 3.63) is 24.0 Å². The normalized spacial score (nSPS) is 24.9. The third kappa shape index (κ3) is 3.21. The number of anilines is 1. The molecule has 2 unspecified atom stereocenters. The van der Waals surface area contributed by atoms with Crippen LogP contribution in [-0.2, 0) is 6.42 Å². The average molecular weight is 248 g/mol. The van der Waals surface area contributed by atoms with E-state index in [1.807, 2.05) is 12.1 Å². The highest BCUT2D eigenvalue weighted by atomic mass is 15.2. The van der Waals surface area contributed by atoms with Gasteiger partial charge in [-0.05, 0) is 32.1 Å². The highest BCUT2D eigenvalue weighted by Gasteiger charge is 2.30. The molecule has 0 aromatic carbocycles.